The molecule has 1 unspecified atom stereocenters. The van der Waals surface area contributed by atoms with Crippen LogP contribution >= 0.6 is 23.1 Å². The molecule has 1 atom stereocenters. The number of benzene rings is 1. The molecule has 0 fully saturated rings. The summed E-state index contributed by atoms with van der Waals surface area (Å²) in [6, 6.07) is 11.4. The first-order chi connectivity index (χ1) is 12.1. The summed E-state index contributed by atoms with van der Waals surface area (Å²) in [5, 5.41) is 9.24. The zero-order chi connectivity index (χ0) is 17.4. The van der Waals surface area contributed by atoms with Crippen LogP contribution in [0.3, 0.4) is 0 Å². The first kappa shape index (κ1) is 16.0. The van der Waals surface area contributed by atoms with Crippen molar-refractivity contribution in [1.29, 1.82) is 0 Å². The largest absolute Gasteiger partial charge is 0.481 e. The summed E-state index contributed by atoms with van der Waals surface area (Å²) in [7, 11) is 0. The number of hydrogen-bond donors (Lipinski definition) is 1. The predicted molar refractivity (Wildman–Crippen MR) is 96.9 cm³/mol. The van der Waals surface area contributed by atoms with Gasteiger partial charge in [0.05, 0.1) is 33.3 Å². The molecule has 25 heavy (non-hydrogen) atoms. The zero-order valence-electron chi connectivity index (χ0n) is 13.0. The van der Waals surface area contributed by atoms with Crippen LogP contribution in [-0.4, -0.2) is 32.2 Å². The Morgan fingerprint density at radius 1 is 1.24 bits per heavy atom. The van der Waals surface area contributed by atoms with Crippen molar-refractivity contribution in [2.45, 2.75) is 23.1 Å². The third-order valence-electron chi connectivity index (χ3n) is 3.81. The minimum absolute atomic E-state index is 0.214. The number of thiazole rings is 1. The van der Waals surface area contributed by atoms with Crippen molar-refractivity contribution >= 4 is 51.0 Å². The summed E-state index contributed by atoms with van der Waals surface area (Å²) in [6.07, 6.45) is 1.42. The Morgan fingerprint density at radius 2 is 2.08 bits per heavy atom. The van der Waals surface area contributed by atoms with Gasteiger partial charge >= 0.3 is 5.97 Å². The fraction of sp³-hybridized carbons (Fsp3) is 0.176. The van der Waals surface area contributed by atoms with Crippen LogP contribution in [0.1, 0.15) is 11.4 Å². The van der Waals surface area contributed by atoms with Gasteiger partial charge in [0.1, 0.15) is 10.8 Å². The summed E-state index contributed by atoms with van der Waals surface area (Å²) in [5.74, 6) is -0.658. The number of pyridine rings is 1. The number of thioether (sulfide) groups is 1. The van der Waals surface area contributed by atoms with Gasteiger partial charge in [0.25, 0.3) is 0 Å². The number of aromatic nitrogens is 2. The molecule has 1 aromatic carbocycles. The molecule has 0 bridgehead atoms. The Balaban J connectivity index is 1.70. The number of amides is 1. The van der Waals surface area contributed by atoms with Gasteiger partial charge < -0.3 is 5.11 Å². The number of hydrogen-bond acceptors (Lipinski definition) is 6. The van der Waals surface area contributed by atoms with Crippen LogP contribution < -0.4 is 4.90 Å². The van der Waals surface area contributed by atoms with Crippen LogP contribution in [0, 0.1) is 0 Å². The molecule has 0 aliphatic carbocycles. The van der Waals surface area contributed by atoms with Crippen LogP contribution in [0.5, 0.6) is 0 Å². The van der Waals surface area contributed by atoms with E-state index in [4.69, 9.17) is 5.11 Å². The minimum Gasteiger partial charge on any atom is -0.481 e. The van der Waals surface area contributed by atoms with Gasteiger partial charge in [0.2, 0.25) is 5.91 Å². The molecule has 0 saturated heterocycles. The predicted octanol–water partition coefficient (Wildman–Crippen LogP) is 3.17. The monoisotopic (exact) mass is 371 g/mol. The lowest BCUT2D eigenvalue weighted by molar-refractivity contribution is -0.138. The first-order valence-electron chi connectivity index (χ1n) is 7.61. The lowest BCUT2D eigenvalue weighted by Gasteiger charge is -2.31. The molecule has 4 rings (SSSR count). The van der Waals surface area contributed by atoms with E-state index >= 15 is 0 Å². The molecule has 1 N–H and O–H groups in total. The molecule has 1 aliphatic rings. The maximum absolute atomic E-state index is 12.8. The molecule has 126 valence electrons. The molecule has 0 spiro atoms. The van der Waals surface area contributed by atoms with Gasteiger partial charge in [0, 0.05) is 6.20 Å². The summed E-state index contributed by atoms with van der Waals surface area (Å²) in [6.45, 7) is 0.291. The summed E-state index contributed by atoms with van der Waals surface area (Å²) >= 11 is 2.79. The molecule has 2 aromatic heterocycles. The Hall–Kier alpha value is -2.45. The van der Waals surface area contributed by atoms with Gasteiger partial charge in [-0.3, -0.25) is 14.5 Å². The number of aliphatic carboxylic acids is 1. The molecule has 3 aromatic rings. The second kappa shape index (κ2) is 6.45. The number of rotatable bonds is 4. The summed E-state index contributed by atoms with van der Waals surface area (Å²) in [5.41, 5.74) is 0.893. The third-order valence-corrected chi connectivity index (χ3v) is 6.06. The number of anilines is 1. The van der Waals surface area contributed by atoms with Crippen molar-refractivity contribution in [3.05, 3.63) is 47.6 Å². The average molecular weight is 371 g/mol. The number of carbonyl (C=O) groups excluding carboxylic acids is 1. The highest BCUT2D eigenvalue weighted by atomic mass is 32.2. The lowest BCUT2D eigenvalue weighted by atomic mass is 10.2. The van der Waals surface area contributed by atoms with E-state index in [9.17, 15) is 9.59 Å². The van der Waals surface area contributed by atoms with E-state index in [0.29, 0.717) is 12.4 Å². The number of para-hydroxylation sites is 1. The number of carboxylic acid groups (broad SMARTS) is 1. The Labute approximate surface area is 151 Å². The van der Waals surface area contributed by atoms with Gasteiger partial charge in [0.15, 0.2) is 0 Å². The van der Waals surface area contributed by atoms with Gasteiger partial charge in [-0.15, -0.1) is 23.1 Å². The highest BCUT2D eigenvalue weighted by Gasteiger charge is 2.36. The zero-order valence-corrected chi connectivity index (χ0v) is 14.6. The molecular formula is C17H13N3O3S2. The first-order valence-corrected chi connectivity index (χ1v) is 9.31. The van der Waals surface area contributed by atoms with E-state index in [-0.39, 0.29) is 12.3 Å². The van der Waals surface area contributed by atoms with Gasteiger partial charge in [-0.2, -0.15) is 0 Å². The fourth-order valence-corrected chi connectivity index (χ4v) is 4.86. The highest BCUT2D eigenvalue weighted by Crippen LogP contribution is 2.40. The van der Waals surface area contributed by atoms with Gasteiger partial charge in [-0.05, 0) is 24.3 Å². The molecule has 0 saturated carbocycles. The molecule has 3 heterocycles. The Kier molecular flexibility index (Phi) is 4.14. The summed E-state index contributed by atoms with van der Waals surface area (Å²) < 4.78 is 1.06. The maximum atomic E-state index is 12.8. The normalized spacial score (nSPS) is 16.9. The Morgan fingerprint density at radius 3 is 2.88 bits per heavy atom. The van der Waals surface area contributed by atoms with Crippen molar-refractivity contribution < 1.29 is 14.7 Å². The second-order valence-corrected chi connectivity index (χ2v) is 7.89. The molecule has 1 amide bonds. The molecule has 1 aliphatic heterocycles. The lowest BCUT2D eigenvalue weighted by Crippen LogP contribution is -2.41. The quantitative estimate of drug-likeness (QED) is 0.758. The Bertz CT molecular complexity index is 939. The van der Waals surface area contributed by atoms with Crippen molar-refractivity contribution in [3.63, 3.8) is 0 Å². The van der Waals surface area contributed by atoms with Gasteiger partial charge in [-0.25, -0.2) is 9.97 Å². The number of nitrogens with zero attached hydrogens (tertiary/aromatic N) is 3. The van der Waals surface area contributed by atoms with E-state index in [1.165, 1.54) is 23.1 Å². The van der Waals surface area contributed by atoms with Crippen molar-refractivity contribution in [1.82, 2.24) is 9.97 Å². The number of carbonyl (C=O) groups is 2. The van der Waals surface area contributed by atoms with Crippen LogP contribution in [0.15, 0.2) is 47.5 Å². The van der Waals surface area contributed by atoms with Crippen molar-refractivity contribution in [3.8, 4) is 0 Å². The van der Waals surface area contributed by atoms with E-state index < -0.39 is 11.2 Å². The molecule has 6 nitrogen and oxygen atoms in total. The second-order valence-electron chi connectivity index (χ2n) is 5.53. The standard InChI is InChI=1S/C17H13N3O3S2/c21-15(22)8-13-17(23)20(16-12(24-13)6-3-7-18-16)9-14-19-10-4-1-2-5-11(10)25-14/h1-7,13H,8-9H2,(H,21,22). The fourth-order valence-electron chi connectivity index (χ4n) is 2.72. The number of fused-ring (bicyclic) bond motifs is 2. The molecular weight excluding hydrogens is 358 g/mol. The van der Waals surface area contributed by atoms with E-state index in [1.54, 1.807) is 17.2 Å². The van der Waals surface area contributed by atoms with Crippen LogP contribution in [0.2, 0.25) is 0 Å². The van der Waals surface area contributed by atoms with E-state index in [2.05, 4.69) is 9.97 Å². The minimum atomic E-state index is -0.988. The smallest absolute Gasteiger partial charge is 0.305 e. The molecule has 0 radical (unpaired) electrons. The number of carboxylic acids is 1. The van der Waals surface area contributed by atoms with Gasteiger partial charge in [-0.1, -0.05) is 12.1 Å². The molecule has 8 heteroatoms. The maximum Gasteiger partial charge on any atom is 0.305 e. The average Bonchev–Trinajstić information content (AvgIpc) is 3.00. The van der Waals surface area contributed by atoms with Crippen molar-refractivity contribution in [2.24, 2.45) is 0 Å². The third kappa shape index (κ3) is 3.10. The SMILES string of the molecule is O=C(O)CC1Sc2cccnc2N(Cc2nc3ccccc3s2)C1=O. The summed E-state index contributed by atoms with van der Waals surface area (Å²) in [4.78, 5) is 35.2. The van der Waals surface area contributed by atoms with Crippen LogP contribution in [-0.2, 0) is 16.1 Å². The van der Waals surface area contributed by atoms with E-state index in [0.717, 1.165) is 20.1 Å². The van der Waals surface area contributed by atoms with Crippen molar-refractivity contribution in [2.75, 3.05) is 4.90 Å². The highest BCUT2D eigenvalue weighted by molar-refractivity contribution is 8.01. The van der Waals surface area contributed by atoms with Crippen LogP contribution in [0.4, 0.5) is 5.82 Å². The van der Waals surface area contributed by atoms with E-state index in [1.807, 2.05) is 30.3 Å². The topological polar surface area (TPSA) is 83.4 Å². The van der Waals surface area contributed by atoms with Crippen LogP contribution in [0.25, 0.3) is 10.2 Å².